The van der Waals surface area contributed by atoms with E-state index in [4.69, 9.17) is 24.3 Å². The molecule has 1 fully saturated rings. The molecular formula is C31H37N6O8P. The lowest BCUT2D eigenvalue weighted by atomic mass is 9.92. The zero-order valence-corrected chi connectivity index (χ0v) is 26.5. The number of hydrogen-bond donors (Lipinski definition) is 4. The van der Waals surface area contributed by atoms with Crippen LogP contribution in [0.3, 0.4) is 0 Å². The molecule has 46 heavy (non-hydrogen) atoms. The van der Waals surface area contributed by atoms with E-state index in [1.807, 2.05) is 44.2 Å². The SMILES string of the molecule is CCC(CC)COC(=O)[C@H](C)NP(=O)(OC[C@H]1O[C@@](C#N)(c2ccc3c(N)ncnn23)[C@H](O)[C@@H]1O)Oc1ccc2ccccc2c1. The molecule has 3 heterocycles. The molecule has 6 atom stereocenters. The van der Waals surface area contributed by atoms with Gasteiger partial charge in [-0.2, -0.15) is 15.4 Å². The van der Waals surface area contributed by atoms with Crippen molar-refractivity contribution in [1.29, 1.82) is 5.26 Å². The van der Waals surface area contributed by atoms with Gasteiger partial charge < -0.3 is 29.9 Å². The van der Waals surface area contributed by atoms with Crippen LogP contribution in [0.5, 0.6) is 5.75 Å². The Labute approximate surface area is 265 Å². The summed E-state index contributed by atoms with van der Waals surface area (Å²) in [4.78, 5) is 16.8. The molecule has 0 aliphatic carbocycles. The van der Waals surface area contributed by atoms with Gasteiger partial charge in [-0.3, -0.25) is 9.32 Å². The first-order valence-electron chi connectivity index (χ1n) is 15.0. The third kappa shape index (κ3) is 6.57. The number of esters is 1. The summed E-state index contributed by atoms with van der Waals surface area (Å²) in [6.07, 6.45) is -1.92. The molecule has 1 unspecified atom stereocenters. The monoisotopic (exact) mass is 652 g/mol. The molecule has 5 N–H and O–H groups in total. The van der Waals surface area contributed by atoms with Crippen molar-refractivity contribution in [3.8, 4) is 11.8 Å². The molecule has 244 valence electrons. The zero-order chi connectivity index (χ0) is 33.1. The third-order valence-electron chi connectivity index (χ3n) is 8.16. The Balaban J connectivity index is 1.38. The van der Waals surface area contributed by atoms with Gasteiger partial charge in [-0.1, -0.05) is 57.0 Å². The number of aliphatic hydroxyl groups is 2. The minimum atomic E-state index is -4.39. The Morgan fingerprint density at radius 2 is 1.93 bits per heavy atom. The van der Waals surface area contributed by atoms with Gasteiger partial charge in [0.15, 0.2) is 5.82 Å². The van der Waals surface area contributed by atoms with Crippen LogP contribution in [0.4, 0.5) is 5.82 Å². The van der Waals surface area contributed by atoms with E-state index in [0.29, 0.717) is 5.52 Å². The molecule has 0 amide bonds. The van der Waals surface area contributed by atoms with E-state index in [-0.39, 0.29) is 29.8 Å². The van der Waals surface area contributed by atoms with Crippen molar-refractivity contribution in [2.24, 2.45) is 5.92 Å². The second-order valence-corrected chi connectivity index (χ2v) is 12.9. The van der Waals surface area contributed by atoms with E-state index in [1.54, 1.807) is 24.3 Å². The van der Waals surface area contributed by atoms with Gasteiger partial charge in [-0.05, 0) is 47.9 Å². The highest BCUT2D eigenvalue weighted by molar-refractivity contribution is 7.52. The fourth-order valence-corrected chi connectivity index (χ4v) is 6.81. The molecular weight excluding hydrogens is 615 g/mol. The Hall–Kier alpha value is -4.09. The molecule has 1 saturated heterocycles. The first-order valence-corrected chi connectivity index (χ1v) is 16.5. The zero-order valence-electron chi connectivity index (χ0n) is 25.6. The van der Waals surface area contributed by atoms with Crippen LogP contribution in [0.2, 0.25) is 0 Å². The van der Waals surface area contributed by atoms with E-state index in [9.17, 15) is 24.8 Å². The number of benzene rings is 2. The van der Waals surface area contributed by atoms with Gasteiger partial charge in [0.1, 0.15) is 48.0 Å². The minimum Gasteiger partial charge on any atom is -0.464 e. The number of aromatic nitrogens is 3. The number of fused-ring (bicyclic) bond motifs is 2. The summed E-state index contributed by atoms with van der Waals surface area (Å²) >= 11 is 0. The predicted octanol–water partition coefficient (Wildman–Crippen LogP) is 3.47. The molecule has 2 aromatic heterocycles. The summed E-state index contributed by atoms with van der Waals surface area (Å²) in [5.74, 6) is -0.159. The van der Waals surface area contributed by atoms with Crippen molar-refractivity contribution < 1.29 is 38.1 Å². The number of nitrogens with zero attached hydrogens (tertiary/aromatic N) is 4. The van der Waals surface area contributed by atoms with Crippen LogP contribution in [0.15, 0.2) is 60.9 Å². The number of hydrogen-bond acceptors (Lipinski definition) is 12. The number of carbonyl (C=O) groups is 1. The fourth-order valence-electron chi connectivity index (χ4n) is 5.31. The van der Waals surface area contributed by atoms with Crippen LogP contribution in [0.25, 0.3) is 16.3 Å². The standard InChI is InChI=1S/C31H37N6O8P/c1-4-20(5-2)15-42-30(40)19(3)36-46(41,45-23-11-10-21-8-6-7-9-22(21)14-23)43-16-25-27(38)28(39)31(17-32,44-25)26-13-12-24-29(33)34-18-35-37(24)26/h6-14,18-20,25,27-28,38-39H,4-5,15-16H2,1-3H3,(H,36,41)(H2,33,34,35)/t19-,25+,27+,28+,31-,46?/m0/s1. The molecule has 14 nitrogen and oxygen atoms in total. The minimum absolute atomic E-state index is 0.0932. The van der Waals surface area contributed by atoms with Gasteiger partial charge in [0.2, 0.25) is 5.60 Å². The van der Waals surface area contributed by atoms with Crippen LogP contribution < -0.4 is 15.3 Å². The van der Waals surface area contributed by atoms with Crippen molar-refractivity contribution in [2.75, 3.05) is 18.9 Å². The lowest BCUT2D eigenvalue weighted by Gasteiger charge is -2.25. The summed E-state index contributed by atoms with van der Waals surface area (Å²) in [5, 5.41) is 40.8. The molecule has 0 spiro atoms. The Kier molecular flexibility index (Phi) is 9.93. The summed E-state index contributed by atoms with van der Waals surface area (Å²) in [5.41, 5.74) is 4.29. The Morgan fingerprint density at radius 3 is 2.65 bits per heavy atom. The Bertz CT molecular complexity index is 1790. The van der Waals surface area contributed by atoms with Gasteiger partial charge in [0, 0.05) is 0 Å². The molecule has 15 heteroatoms. The number of nitrogens with two attached hydrogens (primary N) is 1. The number of aliphatic hydroxyl groups excluding tert-OH is 2. The third-order valence-corrected chi connectivity index (χ3v) is 9.81. The van der Waals surface area contributed by atoms with E-state index < -0.39 is 50.3 Å². The van der Waals surface area contributed by atoms with Crippen LogP contribution >= 0.6 is 7.75 Å². The smallest absolute Gasteiger partial charge is 0.459 e. The largest absolute Gasteiger partial charge is 0.464 e. The quantitative estimate of drug-likeness (QED) is 0.121. The van der Waals surface area contributed by atoms with Gasteiger partial charge in [0.25, 0.3) is 0 Å². The lowest BCUT2D eigenvalue weighted by molar-refractivity contribution is -0.146. The second-order valence-electron chi connectivity index (χ2n) is 11.2. The summed E-state index contributed by atoms with van der Waals surface area (Å²) in [7, 11) is -4.39. The molecule has 5 rings (SSSR count). The van der Waals surface area contributed by atoms with E-state index in [1.165, 1.54) is 23.8 Å². The van der Waals surface area contributed by atoms with Crippen molar-refractivity contribution in [2.45, 2.75) is 63.6 Å². The number of anilines is 1. The maximum Gasteiger partial charge on any atom is 0.459 e. The van der Waals surface area contributed by atoms with E-state index in [0.717, 1.165) is 23.6 Å². The lowest BCUT2D eigenvalue weighted by Crippen LogP contribution is -2.41. The number of rotatable bonds is 13. The maximum atomic E-state index is 14.2. The van der Waals surface area contributed by atoms with Gasteiger partial charge in [0.05, 0.1) is 18.9 Å². The first-order chi connectivity index (χ1) is 22.0. The highest BCUT2D eigenvalue weighted by Crippen LogP contribution is 2.47. The van der Waals surface area contributed by atoms with Crippen molar-refractivity contribution in [3.05, 3.63) is 66.6 Å². The number of nitriles is 1. The van der Waals surface area contributed by atoms with Crippen LogP contribution in [0, 0.1) is 17.2 Å². The maximum absolute atomic E-state index is 14.2. The number of ether oxygens (including phenoxy) is 2. The first kappa shape index (κ1) is 33.3. The molecule has 0 bridgehead atoms. The fraction of sp³-hybridized carbons (Fsp3) is 0.419. The van der Waals surface area contributed by atoms with E-state index in [2.05, 4.69) is 15.2 Å². The normalized spacial score (nSPS) is 23.3. The summed E-state index contributed by atoms with van der Waals surface area (Å²) in [6, 6.07) is 16.4. The average molecular weight is 653 g/mol. The highest BCUT2D eigenvalue weighted by Gasteiger charge is 2.58. The summed E-state index contributed by atoms with van der Waals surface area (Å²) < 4.78 is 38.5. The highest BCUT2D eigenvalue weighted by atomic mass is 31.2. The van der Waals surface area contributed by atoms with Crippen molar-refractivity contribution >= 4 is 35.8 Å². The molecule has 0 saturated carbocycles. The van der Waals surface area contributed by atoms with Gasteiger partial charge in [-0.15, -0.1) is 0 Å². The van der Waals surface area contributed by atoms with Crippen molar-refractivity contribution in [1.82, 2.24) is 19.7 Å². The molecule has 1 aliphatic heterocycles. The number of nitrogen functional groups attached to an aromatic ring is 1. The Morgan fingerprint density at radius 1 is 1.20 bits per heavy atom. The average Bonchev–Trinajstić information content (AvgIpc) is 3.60. The van der Waals surface area contributed by atoms with Gasteiger partial charge in [-0.25, -0.2) is 14.1 Å². The molecule has 4 aromatic rings. The number of nitrogens with one attached hydrogen (secondary N) is 1. The van der Waals surface area contributed by atoms with Gasteiger partial charge >= 0.3 is 13.7 Å². The molecule has 0 radical (unpaired) electrons. The molecule has 1 aliphatic rings. The van der Waals surface area contributed by atoms with Crippen LogP contribution in [0.1, 0.15) is 39.3 Å². The molecule has 2 aromatic carbocycles. The topological polar surface area (TPSA) is 204 Å². The number of carbonyl (C=O) groups excluding carboxylic acids is 1. The summed E-state index contributed by atoms with van der Waals surface area (Å²) in [6.45, 7) is 5.07. The van der Waals surface area contributed by atoms with Crippen LogP contribution in [-0.2, 0) is 29.0 Å². The second kappa shape index (κ2) is 13.7. The van der Waals surface area contributed by atoms with Crippen LogP contribution in [-0.4, -0.2) is 68.3 Å². The van der Waals surface area contributed by atoms with E-state index >= 15 is 0 Å². The van der Waals surface area contributed by atoms with Crippen molar-refractivity contribution in [3.63, 3.8) is 0 Å². The predicted molar refractivity (Wildman–Crippen MR) is 167 cm³/mol.